The molecule has 2 aliphatic heterocycles. The number of fused-ring (bicyclic) bond motifs is 2. The number of aryl methyl sites for hydroxylation is 1. The van der Waals surface area contributed by atoms with Crippen molar-refractivity contribution in [2.45, 2.75) is 70.9 Å². The van der Waals surface area contributed by atoms with Crippen molar-refractivity contribution in [1.29, 1.82) is 0 Å². The molecule has 1 saturated carbocycles. The number of benzene rings is 1. The molecule has 124 valence electrons. The lowest BCUT2D eigenvalue weighted by molar-refractivity contribution is -0.00601. The number of carbonyl (C=O) groups is 1. The van der Waals surface area contributed by atoms with E-state index in [0.29, 0.717) is 18.0 Å². The second-order valence-corrected chi connectivity index (χ2v) is 8.19. The highest BCUT2D eigenvalue weighted by molar-refractivity contribution is 5.90. The van der Waals surface area contributed by atoms with Gasteiger partial charge in [-0.2, -0.15) is 0 Å². The first-order valence-corrected chi connectivity index (χ1v) is 9.22. The topological polar surface area (TPSA) is 32.3 Å². The van der Waals surface area contributed by atoms with E-state index in [4.69, 9.17) is 0 Å². The Morgan fingerprint density at radius 3 is 2.48 bits per heavy atom. The molecule has 23 heavy (non-hydrogen) atoms. The van der Waals surface area contributed by atoms with Crippen LogP contribution in [0.25, 0.3) is 0 Å². The van der Waals surface area contributed by atoms with Crippen molar-refractivity contribution in [3.05, 3.63) is 29.3 Å². The summed E-state index contributed by atoms with van der Waals surface area (Å²) in [6, 6.07) is 7.48. The highest BCUT2D eigenvalue weighted by atomic mass is 16.2. The molecule has 1 aliphatic carbocycles. The maximum atomic E-state index is 12.6. The van der Waals surface area contributed by atoms with E-state index in [2.05, 4.69) is 49.2 Å². The van der Waals surface area contributed by atoms with Crippen LogP contribution in [0, 0.1) is 18.8 Å². The van der Waals surface area contributed by atoms with Crippen molar-refractivity contribution in [2.24, 2.45) is 11.8 Å². The zero-order valence-electron chi connectivity index (χ0n) is 14.5. The number of rotatable bonds is 2. The molecule has 0 radical (unpaired) electrons. The molecule has 3 heteroatoms. The number of urea groups is 1. The molecule has 3 unspecified atom stereocenters. The molecule has 4 atom stereocenters. The molecule has 0 aromatic heterocycles. The number of carbonyl (C=O) groups excluding carboxylic acids is 1. The Balaban J connectivity index is 1.47. The van der Waals surface area contributed by atoms with Crippen LogP contribution in [0.3, 0.4) is 0 Å². The van der Waals surface area contributed by atoms with Crippen LogP contribution in [-0.2, 0) is 0 Å². The molecule has 4 rings (SSSR count). The first kappa shape index (κ1) is 15.0. The van der Waals surface area contributed by atoms with Gasteiger partial charge >= 0.3 is 6.03 Å². The molecule has 1 N–H and O–H groups in total. The van der Waals surface area contributed by atoms with Crippen LogP contribution in [-0.4, -0.2) is 23.0 Å². The van der Waals surface area contributed by atoms with E-state index in [1.165, 1.54) is 43.2 Å². The fourth-order valence-corrected chi connectivity index (χ4v) is 4.91. The summed E-state index contributed by atoms with van der Waals surface area (Å²) in [7, 11) is 0. The summed E-state index contributed by atoms with van der Waals surface area (Å²) in [6.45, 7) is 6.83. The van der Waals surface area contributed by atoms with E-state index in [-0.39, 0.29) is 6.03 Å². The second-order valence-electron chi connectivity index (χ2n) is 8.19. The van der Waals surface area contributed by atoms with Gasteiger partial charge in [0.25, 0.3) is 0 Å². The first-order chi connectivity index (χ1) is 11.0. The first-order valence-electron chi connectivity index (χ1n) is 9.22. The van der Waals surface area contributed by atoms with Gasteiger partial charge < -0.3 is 10.2 Å². The Labute approximate surface area is 139 Å². The minimum absolute atomic E-state index is 0.106. The van der Waals surface area contributed by atoms with Gasteiger partial charge in [0.15, 0.2) is 0 Å². The smallest absolute Gasteiger partial charge is 0.318 e. The molecule has 3 nitrogen and oxygen atoms in total. The molecule has 3 fully saturated rings. The van der Waals surface area contributed by atoms with E-state index < -0.39 is 0 Å². The lowest BCUT2D eigenvalue weighted by atomic mass is 9.70. The predicted molar refractivity (Wildman–Crippen MR) is 93.8 cm³/mol. The maximum absolute atomic E-state index is 12.6. The van der Waals surface area contributed by atoms with Crippen LogP contribution in [0.5, 0.6) is 0 Å². The van der Waals surface area contributed by atoms with E-state index in [1.54, 1.807) is 0 Å². The van der Waals surface area contributed by atoms with E-state index in [1.807, 2.05) is 0 Å². The zero-order chi connectivity index (χ0) is 16.1. The molecule has 2 heterocycles. The quantitative estimate of drug-likeness (QED) is 0.826. The SMILES string of the molecule is Cc1ccc(NC(=O)N2C3CC(C)CC2C3)cc1[C@@H]1CCC1C. The summed E-state index contributed by atoms with van der Waals surface area (Å²) in [5.41, 5.74) is 3.75. The fraction of sp³-hybridized carbons (Fsp3) is 0.650. The van der Waals surface area contributed by atoms with Crippen molar-refractivity contribution in [2.75, 3.05) is 5.32 Å². The van der Waals surface area contributed by atoms with Gasteiger partial charge in [-0.05, 0) is 80.0 Å². The standard InChI is InChI=1S/C20H28N2O/c1-12-8-16-11-17(9-12)22(16)20(23)21-15-6-4-14(3)19(10-15)18-7-5-13(18)2/h4,6,10,12-13,16-18H,5,7-9,11H2,1-3H3,(H,21,23)/t12?,13?,16?,17?,18-/m1/s1. The van der Waals surface area contributed by atoms with Crippen LogP contribution in [0.2, 0.25) is 0 Å². The van der Waals surface area contributed by atoms with Gasteiger partial charge in [0.2, 0.25) is 0 Å². The molecule has 3 aliphatic rings. The Hall–Kier alpha value is -1.51. The molecule has 1 aromatic rings. The summed E-state index contributed by atoms with van der Waals surface area (Å²) in [6.07, 6.45) is 6.16. The van der Waals surface area contributed by atoms with Gasteiger partial charge in [-0.15, -0.1) is 0 Å². The average Bonchev–Trinajstić information content (AvgIpc) is 2.48. The lowest BCUT2D eigenvalue weighted by Gasteiger charge is -2.54. The van der Waals surface area contributed by atoms with Crippen LogP contribution < -0.4 is 5.32 Å². The monoisotopic (exact) mass is 312 g/mol. The number of piperidine rings is 1. The van der Waals surface area contributed by atoms with E-state index >= 15 is 0 Å². The van der Waals surface area contributed by atoms with Crippen molar-refractivity contribution in [3.63, 3.8) is 0 Å². The predicted octanol–water partition coefficient (Wildman–Crippen LogP) is 4.91. The van der Waals surface area contributed by atoms with E-state index in [0.717, 1.165) is 17.5 Å². The Morgan fingerprint density at radius 1 is 1.13 bits per heavy atom. The van der Waals surface area contributed by atoms with Gasteiger partial charge in [-0.3, -0.25) is 0 Å². The molecular formula is C20H28N2O. The van der Waals surface area contributed by atoms with Gasteiger partial charge in [0.1, 0.15) is 0 Å². The third-order valence-corrected chi connectivity index (χ3v) is 6.46. The summed E-state index contributed by atoms with van der Waals surface area (Å²) in [5, 5.41) is 3.16. The number of nitrogens with zero attached hydrogens (tertiary/aromatic N) is 1. The number of amides is 2. The van der Waals surface area contributed by atoms with Gasteiger partial charge in [0, 0.05) is 17.8 Å². The third-order valence-electron chi connectivity index (χ3n) is 6.46. The molecule has 0 spiro atoms. The van der Waals surface area contributed by atoms with Crippen LogP contribution >= 0.6 is 0 Å². The van der Waals surface area contributed by atoms with Crippen LogP contribution in [0.15, 0.2) is 18.2 Å². The third kappa shape index (κ3) is 2.54. The van der Waals surface area contributed by atoms with Gasteiger partial charge in [0.05, 0.1) is 0 Å². The highest BCUT2D eigenvalue weighted by Gasteiger charge is 2.46. The second kappa shape index (κ2) is 5.54. The lowest BCUT2D eigenvalue weighted by Crippen LogP contribution is -2.63. The number of anilines is 1. The summed E-state index contributed by atoms with van der Waals surface area (Å²) < 4.78 is 0. The van der Waals surface area contributed by atoms with E-state index in [9.17, 15) is 4.79 Å². The molecule has 2 bridgehead atoms. The van der Waals surface area contributed by atoms with Crippen molar-refractivity contribution < 1.29 is 4.79 Å². The maximum Gasteiger partial charge on any atom is 0.322 e. The summed E-state index contributed by atoms with van der Waals surface area (Å²) in [5.74, 6) is 2.22. The number of hydrogen-bond acceptors (Lipinski definition) is 1. The van der Waals surface area contributed by atoms with Crippen LogP contribution in [0.1, 0.15) is 63.0 Å². The summed E-state index contributed by atoms with van der Waals surface area (Å²) >= 11 is 0. The van der Waals surface area contributed by atoms with Gasteiger partial charge in [-0.25, -0.2) is 4.79 Å². The Bertz CT molecular complexity index is 614. The normalized spacial score (nSPS) is 35.3. The van der Waals surface area contributed by atoms with Crippen molar-refractivity contribution in [1.82, 2.24) is 4.90 Å². The molecule has 2 amide bonds. The molecule has 1 aromatic carbocycles. The van der Waals surface area contributed by atoms with Crippen molar-refractivity contribution in [3.8, 4) is 0 Å². The van der Waals surface area contributed by atoms with Crippen molar-refractivity contribution >= 4 is 11.7 Å². The number of hydrogen-bond donors (Lipinski definition) is 1. The minimum Gasteiger partial charge on any atom is -0.318 e. The average molecular weight is 312 g/mol. The Kier molecular flexibility index (Phi) is 3.62. The molecular weight excluding hydrogens is 284 g/mol. The number of nitrogens with one attached hydrogen (secondary N) is 1. The zero-order valence-corrected chi connectivity index (χ0v) is 14.5. The molecule has 2 saturated heterocycles. The summed E-state index contributed by atoms with van der Waals surface area (Å²) in [4.78, 5) is 14.7. The van der Waals surface area contributed by atoms with Crippen LogP contribution in [0.4, 0.5) is 10.5 Å². The Morgan fingerprint density at radius 2 is 1.87 bits per heavy atom. The fourth-order valence-electron chi connectivity index (χ4n) is 4.91. The largest absolute Gasteiger partial charge is 0.322 e. The minimum atomic E-state index is 0.106. The van der Waals surface area contributed by atoms with Gasteiger partial charge in [-0.1, -0.05) is 19.9 Å². The highest BCUT2D eigenvalue weighted by Crippen LogP contribution is 2.44.